The molecule has 0 aliphatic rings. The summed E-state index contributed by atoms with van der Waals surface area (Å²) >= 11 is 1.36. The smallest absolute Gasteiger partial charge is 0.278 e. The maximum atomic E-state index is 12.2. The molecule has 0 atom stereocenters. The highest BCUT2D eigenvalue weighted by Gasteiger charge is 2.15. The van der Waals surface area contributed by atoms with Gasteiger partial charge in [0, 0.05) is 30.4 Å². The van der Waals surface area contributed by atoms with Gasteiger partial charge >= 0.3 is 0 Å². The third kappa shape index (κ3) is 2.82. The molecular weight excluding hydrogens is 286 g/mol. The highest BCUT2D eigenvalue weighted by atomic mass is 32.1. The predicted molar refractivity (Wildman–Crippen MR) is 81.2 cm³/mol. The highest BCUT2D eigenvalue weighted by Crippen LogP contribution is 2.23. The average Bonchev–Trinajstić information content (AvgIpc) is 3.06. The molecule has 0 aromatic carbocycles. The minimum Gasteiger partial charge on any atom is -0.296 e. The Morgan fingerprint density at radius 2 is 2.19 bits per heavy atom. The fourth-order valence-electron chi connectivity index (χ4n) is 1.95. The van der Waals surface area contributed by atoms with Crippen molar-refractivity contribution in [3.05, 3.63) is 47.2 Å². The summed E-state index contributed by atoms with van der Waals surface area (Å²) in [6.45, 7) is 1.85. The number of hydrogen-bond donors (Lipinski definition) is 1. The Kier molecular flexibility index (Phi) is 3.49. The number of nitrogens with one attached hydrogen (secondary N) is 1. The fraction of sp³-hybridized carbons (Fsp3) is 0.143. The zero-order valence-electron chi connectivity index (χ0n) is 11.6. The molecule has 0 saturated heterocycles. The lowest BCUT2D eigenvalue weighted by Gasteiger charge is -1.99. The summed E-state index contributed by atoms with van der Waals surface area (Å²) in [6, 6.07) is 5.63. The molecule has 7 heteroatoms. The number of carbonyl (C=O) groups is 1. The molecule has 3 heterocycles. The van der Waals surface area contributed by atoms with Gasteiger partial charge in [-0.1, -0.05) is 6.07 Å². The van der Waals surface area contributed by atoms with Crippen LogP contribution in [0.25, 0.3) is 11.4 Å². The van der Waals surface area contributed by atoms with Crippen LogP contribution in [-0.2, 0) is 7.05 Å². The van der Waals surface area contributed by atoms with Gasteiger partial charge in [0.25, 0.3) is 5.91 Å². The Morgan fingerprint density at radius 1 is 1.33 bits per heavy atom. The number of amides is 1. The molecule has 106 valence electrons. The third-order valence-electron chi connectivity index (χ3n) is 2.88. The number of carbonyl (C=O) groups excluding carboxylic acids is 1. The Balaban J connectivity index is 1.79. The maximum absolute atomic E-state index is 12.2. The second-order valence-corrected chi connectivity index (χ2v) is 5.40. The summed E-state index contributed by atoms with van der Waals surface area (Å²) < 4.78 is 1.62. The zero-order valence-corrected chi connectivity index (χ0v) is 12.4. The molecule has 0 spiro atoms. The molecule has 0 fully saturated rings. The Morgan fingerprint density at radius 3 is 2.86 bits per heavy atom. The van der Waals surface area contributed by atoms with Crippen molar-refractivity contribution in [3.8, 4) is 11.4 Å². The summed E-state index contributed by atoms with van der Waals surface area (Å²) in [5.74, 6) is -0.255. The number of pyridine rings is 1. The molecule has 0 unspecified atom stereocenters. The number of aromatic nitrogens is 4. The van der Waals surface area contributed by atoms with E-state index in [1.807, 2.05) is 30.5 Å². The largest absolute Gasteiger partial charge is 0.296 e. The van der Waals surface area contributed by atoms with E-state index in [0.717, 1.165) is 17.0 Å². The van der Waals surface area contributed by atoms with Crippen LogP contribution in [0.4, 0.5) is 5.13 Å². The topological polar surface area (TPSA) is 72.7 Å². The van der Waals surface area contributed by atoms with E-state index in [1.54, 1.807) is 24.1 Å². The van der Waals surface area contributed by atoms with Crippen molar-refractivity contribution >= 4 is 22.4 Å². The normalized spacial score (nSPS) is 10.6. The first-order valence-electron chi connectivity index (χ1n) is 6.32. The SMILES string of the molecule is Cc1cn(C)nc1C(=O)Nc1nc(-c2ccccn2)cs1. The Hall–Kier alpha value is -2.54. The van der Waals surface area contributed by atoms with Crippen LogP contribution in [-0.4, -0.2) is 25.7 Å². The van der Waals surface area contributed by atoms with Crippen molar-refractivity contribution in [3.63, 3.8) is 0 Å². The van der Waals surface area contributed by atoms with E-state index >= 15 is 0 Å². The maximum Gasteiger partial charge on any atom is 0.278 e. The fourth-order valence-corrected chi connectivity index (χ4v) is 2.65. The molecule has 3 aromatic rings. The molecular formula is C14H13N5OS. The van der Waals surface area contributed by atoms with Crippen LogP contribution < -0.4 is 5.32 Å². The van der Waals surface area contributed by atoms with Gasteiger partial charge in [-0.05, 0) is 19.1 Å². The van der Waals surface area contributed by atoms with Crippen molar-refractivity contribution in [2.24, 2.45) is 7.05 Å². The molecule has 0 saturated carbocycles. The zero-order chi connectivity index (χ0) is 14.8. The van der Waals surface area contributed by atoms with Crippen LogP contribution in [0.2, 0.25) is 0 Å². The highest BCUT2D eigenvalue weighted by molar-refractivity contribution is 7.14. The first-order valence-corrected chi connectivity index (χ1v) is 7.20. The molecule has 1 N–H and O–H groups in total. The minimum atomic E-state index is -0.255. The molecule has 0 aliphatic heterocycles. The van der Waals surface area contributed by atoms with E-state index in [0.29, 0.717) is 10.8 Å². The van der Waals surface area contributed by atoms with E-state index in [-0.39, 0.29) is 5.91 Å². The van der Waals surface area contributed by atoms with Crippen molar-refractivity contribution in [1.82, 2.24) is 19.7 Å². The van der Waals surface area contributed by atoms with E-state index in [1.165, 1.54) is 11.3 Å². The van der Waals surface area contributed by atoms with Gasteiger partial charge in [0.1, 0.15) is 5.69 Å². The average molecular weight is 299 g/mol. The number of rotatable bonds is 3. The molecule has 1 amide bonds. The van der Waals surface area contributed by atoms with Gasteiger partial charge in [0.15, 0.2) is 10.8 Å². The van der Waals surface area contributed by atoms with E-state index in [9.17, 15) is 4.79 Å². The number of anilines is 1. The predicted octanol–water partition coefficient (Wildman–Crippen LogP) is 2.50. The van der Waals surface area contributed by atoms with E-state index in [4.69, 9.17) is 0 Å². The second kappa shape index (κ2) is 5.45. The molecule has 6 nitrogen and oxygen atoms in total. The van der Waals surface area contributed by atoms with Crippen LogP contribution in [0.5, 0.6) is 0 Å². The number of thiazole rings is 1. The summed E-state index contributed by atoms with van der Waals surface area (Å²) in [5, 5.41) is 9.31. The first-order chi connectivity index (χ1) is 10.1. The molecule has 3 aromatic heterocycles. The number of nitrogens with zero attached hydrogens (tertiary/aromatic N) is 4. The van der Waals surface area contributed by atoms with Crippen LogP contribution >= 0.6 is 11.3 Å². The molecule has 21 heavy (non-hydrogen) atoms. The monoisotopic (exact) mass is 299 g/mol. The summed E-state index contributed by atoms with van der Waals surface area (Å²) in [5.41, 5.74) is 2.76. The van der Waals surface area contributed by atoms with Crippen LogP contribution in [0.15, 0.2) is 36.0 Å². The van der Waals surface area contributed by atoms with Crippen molar-refractivity contribution in [2.75, 3.05) is 5.32 Å². The molecule has 3 rings (SSSR count). The van der Waals surface area contributed by atoms with Gasteiger partial charge in [0.05, 0.1) is 5.69 Å². The summed E-state index contributed by atoms with van der Waals surface area (Å²) in [4.78, 5) is 20.8. The van der Waals surface area contributed by atoms with Crippen LogP contribution in [0, 0.1) is 6.92 Å². The summed E-state index contributed by atoms with van der Waals surface area (Å²) in [6.07, 6.45) is 3.51. The van der Waals surface area contributed by atoms with Crippen molar-refractivity contribution in [2.45, 2.75) is 6.92 Å². The van der Waals surface area contributed by atoms with Gasteiger partial charge < -0.3 is 0 Å². The first kappa shape index (κ1) is 13.4. The second-order valence-electron chi connectivity index (χ2n) is 4.54. The van der Waals surface area contributed by atoms with E-state index < -0.39 is 0 Å². The summed E-state index contributed by atoms with van der Waals surface area (Å²) in [7, 11) is 1.78. The van der Waals surface area contributed by atoms with Crippen molar-refractivity contribution in [1.29, 1.82) is 0 Å². The van der Waals surface area contributed by atoms with Gasteiger partial charge in [-0.2, -0.15) is 5.10 Å². The van der Waals surface area contributed by atoms with Gasteiger partial charge in [0.2, 0.25) is 0 Å². The third-order valence-corrected chi connectivity index (χ3v) is 3.64. The number of aryl methyl sites for hydroxylation is 2. The van der Waals surface area contributed by atoms with Gasteiger partial charge in [-0.25, -0.2) is 4.98 Å². The number of hydrogen-bond acceptors (Lipinski definition) is 5. The van der Waals surface area contributed by atoms with E-state index in [2.05, 4.69) is 20.4 Å². The minimum absolute atomic E-state index is 0.255. The molecule has 0 aliphatic carbocycles. The standard InChI is InChI=1S/C14H13N5OS/c1-9-7-19(2)18-12(9)13(20)17-14-16-11(8-21-14)10-5-3-4-6-15-10/h3-8H,1-2H3,(H,16,17,20). The van der Waals surface area contributed by atoms with Crippen LogP contribution in [0.3, 0.4) is 0 Å². The quantitative estimate of drug-likeness (QED) is 0.806. The Labute approximate surface area is 125 Å². The van der Waals surface area contributed by atoms with Gasteiger partial charge in [-0.15, -0.1) is 11.3 Å². The van der Waals surface area contributed by atoms with Crippen molar-refractivity contribution < 1.29 is 4.79 Å². The molecule has 0 radical (unpaired) electrons. The van der Waals surface area contributed by atoms with Crippen LogP contribution in [0.1, 0.15) is 16.1 Å². The Bertz CT molecular complexity index is 778. The van der Waals surface area contributed by atoms with Gasteiger partial charge in [-0.3, -0.25) is 19.8 Å². The lowest BCUT2D eigenvalue weighted by Crippen LogP contribution is -2.14. The lowest BCUT2D eigenvalue weighted by atomic mass is 10.3. The molecule has 0 bridgehead atoms. The lowest BCUT2D eigenvalue weighted by molar-refractivity contribution is 0.102.